The molecule has 0 aliphatic rings. The molecule has 2 aromatic carbocycles. The van der Waals surface area contributed by atoms with E-state index in [-0.39, 0.29) is 23.1 Å². The van der Waals surface area contributed by atoms with E-state index in [1.54, 1.807) is 29.5 Å². The van der Waals surface area contributed by atoms with E-state index >= 15 is 0 Å². The number of hydrogen-bond donors (Lipinski definition) is 2. The topological polar surface area (TPSA) is 62.0 Å². The molecule has 124 valence electrons. The van der Waals surface area contributed by atoms with Gasteiger partial charge in [-0.3, -0.25) is 9.59 Å². The lowest BCUT2D eigenvalue weighted by Crippen LogP contribution is -2.28. The largest absolute Gasteiger partial charge is 0.350 e. The van der Waals surface area contributed by atoms with Gasteiger partial charge in [-0.1, -0.05) is 30.3 Å². The smallest absolute Gasteiger partial charge is 0.268 e. The summed E-state index contributed by atoms with van der Waals surface area (Å²) in [6, 6.07) is 18.6. The number of aromatic nitrogens is 1. The number of rotatable bonds is 3. The van der Waals surface area contributed by atoms with Gasteiger partial charge in [0.25, 0.3) is 5.91 Å². The van der Waals surface area contributed by atoms with E-state index in [0.717, 1.165) is 4.88 Å². The van der Waals surface area contributed by atoms with Crippen molar-refractivity contribution in [2.45, 2.75) is 13.0 Å². The van der Waals surface area contributed by atoms with E-state index in [1.165, 1.54) is 16.2 Å². The van der Waals surface area contributed by atoms with Crippen molar-refractivity contribution in [2.24, 2.45) is 0 Å². The quantitative estimate of drug-likeness (QED) is 0.582. The molecule has 4 rings (SSSR count). The summed E-state index contributed by atoms with van der Waals surface area (Å²) in [4.78, 5) is 28.9. The Hall–Kier alpha value is -2.92. The van der Waals surface area contributed by atoms with Crippen molar-refractivity contribution in [3.05, 3.63) is 81.5 Å². The van der Waals surface area contributed by atoms with Crippen molar-refractivity contribution in [1.29, 1.82) is 0 Å². The first-order valence-electron chi connectivity index (χ1n) is 8.03. The number of para-hydroxylation sites is 1. The van der Waals surface area contributed by atoms with Crippen LogP contribution in [0.1, 0.15) is 28.3 Å². The van der Waals surface area contributed by atoms with Crippen molar-refractivity contribution in [3.63, 3.8) is 0 Å². The molecule has 0 radical (unpaired) electrons. The Balaban J connectivity index is 1.62. The number of pyridine rings is 1. The van der Waals surface area contributed by atoms with Crippen LogP contribution in [0, 0.1) is 0 Å². The van der Waals surface area contributed by atoms with Gasteiger partial charge in [0, 0.05) is 26.5 Å². The van der Waals surface area contributed by atoms with Gasteiger partial charge in [0.05, 0.1) is 6.04 Å². The molecule has 1 atom stereocenters. The lowest BCUT2D eigenvalue weighted by atomic mass is 10.2. The molecule has 0 spiro atoms. The number of H-pyrrole nitrogens is 1. The summed E-state index contributed by atoms with van der Waals surface area (Å²) >= 11 is 1.66. The van der Waals surface area contributed by atoms with Crippen LogP contribution in [0.4, 0.5) is 0 Å². The molecular weight excluding hydrogens is 332 g/mol. The summed E-state index contributed by atoms with van der Waals surface area (Å²) in [5.41, 5.74) is 0.778. The van der Waals surface area contributed by atoms with Crippen molar-refractivity contribution >= 4 is 38.2 Å². The third kappa shape index (κ3) is 2.94. The number of carbonyl (C=O) groups is 1. The highest BCUT2D eigenvalue weighted by Gasteiger charge is 2.15. The Bertz CT molecular complexity index is 1110. The fraction of sp³-hybridized carbons (Fsp3) is 0.100. The third-order valence-electron chi connectivity index (χ3n) is 4.20. The molecular formula is C20H16N2O2S. The van der Waals surface area contributed by atoms with Gasteiger partial charge in [-0.2, -0.15) is 0 Å². The number of benzene rings is 2. The Kier molecular flexibility index (Phi) is 3.86. The highest BCUT2D eigenvalue weighted by atomic mass is 32.1. The Morgan fingerprint density at radius 1 is 1.08 bits per heavy atom. The number of aromatic amines is 1. The summed E-state index contributed by atoms with van der Waals surface area (Å²) in [7, 11) is 0. The minimum absolute atomic E-state index is 0.139. The first-order valence-corrected chi connectivity index (χ1v) is 8.85. The predicted molar refractivity (Wildman–Crippen MR) is 102 cm³/mol. The monoisotopic (exact) mass is 348 g/mol. The van der Waals surface area contributed by atoms with Gasteiger partial charge < -0.3 is 10.3 Å². The normalized spacial score (nSPS) is 12.4. The van der Waals surface area contributed by atoms with Crippen LogP contribution in [0.25, 0.3) is 21.0 Å². The van der Waals surface area contributed by atoms with E-state index < -0.39 is 0 Å². The summed E-state index contributed by atoms with van der Waals surface area (Å²) in [6.07, 6.45) is 0. The van der Waals surface area contributed by atoms with Crippen LogP contribution in [0.3, 0.4) is 0 Å². The van der Waals surface area contributed by atoms with Crippen LogP contribution in [-0.2, 0) is 0 Å². The van der Waals surface area contributed by atoms with E-state index in [0.29, 0.717) is 10.9 Å². The number of fused-ring (bicyclic) bond motifs is 2. The van der Waals surface area contributed by atoms with Crippen LogP contribution in [0.15, 0.2) is 65.5 Å². The molecule has 0 saturated heterocycles. The Labute approximate surface area is 148 Å². The molecule has 2 heterocycles. The molecule has 0 fully saturated rings. The zero-order valence-electron chi connectivity index (χ0n) is 13.6. The van der Waals surface area contributed by atoms with E-state index in [9.17, 15) is 9.59 Å². The van der Waals surface area contributed by atoms with Gasteiger partial charge in [0.1, 0.15) is 5.69 Å². The van der Waals surface area contributed by atoms with Crippen molar-refractivity contribution in [2.75, 3.05) is 0 Å². The molecule has 0 bridgehead atoms. The van der Waals surface area contributed by atoms with Crippen LogP contribution < -0.4 is 10.7 Å². The molecule has 2 aromatic heterocycles. The molecule has 0 unspecified atom stereocenters. The fourth-order valence-electron chi connectivity index (χ4n) is 2.88. The van der Waals surface area contributed by atoms with Crippen LogP contribution in [-0.4, -0.2) is 10.9 Å². The summed E-state index contributed by atoms with van der Waals surface area (Å²) < 4.78 is 1.19. The van der Waals surface area contributed by atoms with Gasteiger partial charge in [0.15, 0.2) is 5.43 Å². The highest BCUT2D eigenvalue weighted by Crippen LogP contribution is 2.29. The maximum absolute atomic E-state index is 12.6. The molecule has 0 saturated carbocycles. The second kappa shape index (κ2) is 6.18. The minimum atomic E-state index is -0.284. The molecule has 0 aliphatic heterocycles. The average molecular weight is 348 g/mol. The average Bonchev–Trinajstić information content (AvgIpc) is 3.06. The standard InChI is InChI=1S/C20H16N2O2S/c1-12(19-10-13-6-2-5-9-18(13)25-19)21-20(24)16-11-17(23)14-7-3-4-8-15(14)22-16/h2-12H,1H3,(H,21,24)(H,22,23)/t12-/m0/s1. The zero-order chi connectivity index (χ0) is 17.4. The van der Waals surface area contributed by atoms with Gasteiger partial charge in [-0.15, -0.1) is 11.3 Å². The summed E-state index contributed by atoms with van der Waals surface area (Å²) in [5.74, 6) is -0.284. The zero-order valence-corrected chi connectivity index (χ0v) is 14.4. The maximum atomic E-state index is 12.6. The molecule has 4 aromatic rings. The van der Waals surface area contributed by atoms with Crippen LogP contribution >= 0.6 is 11.3 Å². The minimum Gasteiger partial charge on any atom is -0.350 e. The molecule has 1 amide bonds. The highest BCUT2D eigenvalue weighted by molar-refractivity contribution is 7.19. The van der Waals surface area contributed by atoms with E-state index in [4.69, 9.17) is 0 Å². The van der Waals surface area contributed by atoms with Gasteiger partial charge >= 0.3 is 0 Å². The number of thiophene rings is 1. The summed E-state index contributed by atoms with van der Waals surface area (Å²) in [5, 5.41) is 4.72. The second-order valence-electron chi connectivity index (χ2n) is 5.97. The number of amides is 1. The lowest BCUT2D eigenvalue weighted by molar-refractivity contribution is 0.0935. The van der Waals surface area contributed by atoms with E-state index in [2.05, 4.69) is 28.5 Å². The van der Waals surface area contributed by atoms with Gasteiger partial charge in [-0.05, 0) is 36.6 Å². The first-order chi connectivity index (χ1) is 12.1. The fourth-order valence-corrected chi connectivity index (χ4v) is 3.95. The summed E-state index contributed by atoms with van der Waals surface area (Å²) in [6.45, 7) is 1.95. The van der Waals surface area contributed by atoms with Crippen LogP contribution in [0.5, 0.6) is 0 Å². The van der Waals surface area contributed by atoms with Gasteiger partial charge in [-0.25, -0.2) is 0 Å². The SMILES string of the molecule is C[C@H](NC(=O)c1cc(=O)c2ccccc2[nH]1)c1cc2ccccc2s1. The number of nitrogens with one attached hydrogen (secondary N) is 2. The number of carbonyl (C=O) groups excluding carboxylic acids is 1. The number of hydrogen-bond acceptors (Lipinski definition) is 3. The molecule has 2 N–H and O–H groups in total. The van der Waals surface area contributed by atoms with E-state index in [1.807, 2.05) is 25.1 Å². The van der Waals surface area contributed by atoms with Crippen molar-refractivity contribution in [3.8, 4) is 0 Å². The predicted octanol–water partition coefficient (Wildman–Crippen LogP) is 4.23. The molecule has 0 aliphatic carbocycles. The van der Waals surface area contributed by atoms with Crippen LogP contribution in [0.2, 0.25) is 0 Å². The Morgan fingerprint density at radius 2 is 1.84 bits per heavy atom. The molecule has 25 heavy (non-hydrogen) atoms. The Morgan fingerprint density at radius 3 is 2.68 bits per heavy atom. The maximum Gasteiger partial charge on any atom is 0.268 e. The third-order valence-corrected chi connectivity index (χ3v) is 5.50. The van der Waals surface area contributed by atoms with Crippen molar-refractivity contribution < 1.29 is 4.79 Å². The second-order valence-corrected chi connectivity index (χ2v) is 7.09. The molecule has 5 heteroatoms. The molecule has 4 nitrogen and oxygen atoms in total. The van der Waals surface area contributed by atoms with Gasteiger partial charge in [0.2, 0.25) is 0 Å². The lowest BCUT2D eigenvalue weighted by Gasteiger charge is -2.12. The van der Waals surface area contributed by atoms with Crippen molar-refractivity contribution in [1.82, 2.24) is 10.3 Å². The first kappa shape index (κ1) is 15.6.